The number of carboxylic acids is 1. The van der Waals surface area contributed by atoms with E-state index in [0.717, 1.165) is 44.9 Å². The summed E-state index contributed by atoms with van der Waals surface area (Å²) >= 11 is 0. The average molecular weight is 432 g/mol. The van der Waals surface area contributed by atoms with E-state index in [1.165, 1.54) is 16.7 Å². The first-order valence-electron chi connectivity index (χ1n) is 11.1. The second-order valence-corrected chi connectivity index (χ2v) is 8.05. The van der Waals surface area contributed by atoms with E-state index >= 15 is 0 Å². The van der Waals surface area contributed by atoms with Crippen LogP contribution >= 0.6 is 0 Å². The minimum absolute atomic E-state index is 0.262. The molecular weight excluding hydrogens is 402 g/mol. The zero-order valence-corrected chi connectivity index (χ0v) is 18.4. The summed E-state index contributed by atoms with van der Waals surface area (Å²) in [5, 5.41) is 9.40. The zero-order chi connectivity index (χ0) is 22.3. The van der Waals surface area contributed by atoms with E-state index < -0.39 is 5.97 Å². The van der Waals surface area contributed by atoms with Gasteiger partial charge in [0.05, 0.1) is 0 Å². The molecule has 0 saturated carbocycles. The van der Waals surface area contributed by atoms with Crippen LogP contribution in [0.3, 0.4) is 0 Å². The van der Waals surface area contributed by atoms with Crippen LogP contribution in [0, 0.1) is 0 Å². The molecule has 4 rings (SSSR count). The van der Waals surface area contributed by atoms with E-state index in [9.17, 15) is 9.90 Å². The van der Waals surface area contributed by atoms with Gasteiger partial charge < -0.3 is 14.7 Å². The molecule has 2 aromatic carbocycles. The second-order valence-electron chi connectivity index (χ2n) is 8.05. The van der Waals surface area contributed by atoms with Gasteiger partial charge in [-0.3, -0.25) is 4.90 Å². The lowest BCUT2D eigenvalue weighted by Gasteiger charge is -2.35. The third-order valence-electron chi connectivity index (χ3n) is 5.86. The summed E-state index contributed by atoms with van der Waals surface area (Å²) in [6, 6.07) is 20.1. The van der Waals surface area contributed by atoms with Crippen molar-refractivity contribution in [1.29, 1.82) is 0 Å². The molecule has 1 aliphatic rings. The SMILES string of the molecule is CCc1ccc(COc2ccc(CN3CCN(c4ncccc4C(=O)O)CC3)cc2)cc1. The molecule has 0 radical (unpaired) electrons. The Kier molecular flexibility index (Phi) is 7.02. The quantitative estimate of drug-likeness (QED) is 0.575. The largest absolute Gasteiger partial charge is 0.489 e. The van der Waals surface area contributed by atoms with Crippen LogP contribution in [0.2, 0.25) is 0 Å². The van der Waals surface area contributed by atoms with Crippen LogP contribution in [-0.4, -0.2) is 47.1 Å². The van der Waals surface area contributed by atoms with Gasteiger partial charge in [-0.25, -0.2) is 9.78 Å². The molecule has 0 bridgehead atoms. The third-order valence-corrected chi connectivity index (χ3v) is 5.86. The molecule has 6 heteroatoms. The summed E-state index contributed by atoms with van der Waals surface area (Å²) in [7, 11) is 0. The number of hydrogen-bond donors (Lipinski definition) is 1. The standard InChI is InChI=1S/C26H29N3O3/c1-2-20-5-7-22(8-6-20)19-32-23-11-9-21(10-12-23)18-28-14-16-29(17-15-28)25-24(26(30)31)4-3-13-27-25/h3-13H,2,14-19H2,1H3,(H,30,31). The van der Waals surface area contributed by atoms with Crippen LogP contribution in [0.15, 0.2) is 66.9 Å². The van der Waals surface area contributed by atoms with Gasteiger partial charge in [-0.15, -0.1) is 0 Å². The molecule has 0 amide bonds. The van der Waals surface area contributed by atoms with Crippen molar-refractivity contribution in [1.82, 2.24) is 9.88 Å². The van der Waals surface area contributed by atoms with Gasteiger partial charge in [-0.1, -0.05) is 43.3 Å². The molecule has 0 spiro atoms. The lowest BCUT2D eigenvalue weighted by molar-refractivity contribution is 0.0697. The predicted octanol–water partition coefficient (Wildman–Crippen LogP) is 4.24. The van der Waals surface area contributed by atoms with E-state index in [1.54, 1.807) is 18.3 Å². The lowest BCUT2D eigenvalue weighted by Crippen LogP contribution is -2.46. The highest BCUT2D eigenvalue weighted by atomic mass is 16.5. The van der Waals surface area contributed by atoms with Crippen LogP contribution in [0.25, 0.3) is 0 Å². The fraction of sp³-hybridized carbons (Fsp3) is 0.308. The van der Waals surface area contributed by atoms with Crippen molar-refractivity contribution >= 4 is 11.8 Å². The van der Waals surface area contributed by atoms with Gasteiger partial charge in [0.15, 0.2) is 0 Å². The summed E-state index contributed by atoms with van der Waals surface area (Å²) in [5.41, 5.74) is 4.00. The van der Waals surface area contributed by atoms with Crippen LogP contribution in [0.4, 0.5) is 5.82 Å². The molecule has 166 valence electrons. The first kappa shape index (κ1) is 21.8. The summed E-state index contributed by atoms with van der Waals surface area (Å²) in [5.74, 6) is 0.496. The molecule has 1 aliphatic heterocycles. The maximum Gasteiger partial charge on any atom is 0.339 e. The van der Waals surface area contributed by atoms with Crippen molar-refractivity contribution in [2.24, 2.45) is 0 Å². The zero-order valence-electron chi connectivity index (χ0n) is 18.4. The normalized spacial score (nSPS) is 14.3. The maximum atomic E-state index is 11.5. The van der Waals surface area contributed by atoms with Crippen LogP contribution in [0.1, 0.15) is 34.0 Å². The fourth-order valence-electron chi connectivity index (χ4n) is 3.92. The number of anilines is 1. The van der Waals surface area contributed by atoms with E-state index in [1.807, 2.05) is 12.1 Å². The molecule has 0 aliphatic carbocycles. The molecule has 0 unspecified atom stereocenters. The highest BCUT2D eigenvalue weighted by Crippen LogP contribution is 2.21. The fourth-order valence-corrected chi connectivity index (χ4v) is 3.92. The number of piperazine rings is 1. The number of pyridine rings is 1. The molecule has 6 nitrogen and oxygen atoms in total. The van der Waals surface area contributed by atoms with Gasteiger partial charge in [0, 0.05) is 38.9 Å². The van der Waals surface area contributed by atoms with Gasteiger partial charge in [-0.05, 0) is 47.4 Å². The third kappa shape index (κ3) is 5.45. The molecule has 1 N–H and O–H groups in total. The second kappa shape index (κ2) is 10.3. The van der Waals surface area contributed by atoms with Gasteiger partial charge in [0.2, 0.25) is 0 Å². The Morgan fingerprint density at radius 1 is 0.938 bits per heavy atom. The molecule has 32 heavy (non-hydrogen) atoms. The molecule has 1 aromatic heterocycles. The summed E-state index contributed by atoms with van der Waals surface area (Å²) in [6.07, 6.45) is 2.70. The Hall–Kier alpha value is -3.38. The summed E-state index contributed by atoms with van der Waals surface area (Å²) in [4.78, 5) is 20.2. The molecular formula is C26H29N3O3. The summed E-state index contributed by atoms with van der Waals surface area (Å²) in [6.45, 7) is 6.83. The van der Waals surface area contributed by atoms with Crippen molar-refractivity contribution in [2.45, 2.75) is 26.5 Å². The van der Waals surface area contributed by atoms with Gasteiger partial charge in [0.25, 0.3) is 0 Å². The minimum Gasteiger partial charge on any atom is -0.489 e. The Morgan fingerprint density at radius 2 is 1.59 bits per heavy atom. The van der Waals surface area contributed by atoms with Crippen molar-refractivity contribution in [2.75, 3.05) is 31.1 Å². The number of carbonyl (C=O) groups is 1. The number of ether oxygens (including phenoxy) is 1. The van der Waals surface area contributed by atoms with Crippen molar-refractivity contribution in [3.63, 3.8) is 0 Å². The predicted molar refractivity (Wildman–Crippen MR) is 125 cm³/mol. The minimum atomic E-state index is -0.934. The van der Waals surface area contributed by atoms with E-state index in [4.69, 9.17) is 4.74 Å². The Bertz CT molecular complexity index is 1030. The van der Waals surface area contributed by atoms with Gasteiger partial charge in [-0.2, -0.15) is 0 Å². The van der Waals surface area contributed by atoms with Gasteiger partial charge in [0.1, 0.15) is 23.7 Å². The number of hydrogen-bond acceptors (Lipinski definition) is 5. The highest BCUT2D eigenvalue weighted by molar-refractivity contribution is 5.93. The first-order valence-corrected chi connectivity index (χ1v) is 11.1. The number of aromatic carboxylic acids is 1. The Balaban J connectivity index is 1.27. The van der Waals surface area contributed by atoms with Crippen LogP contribution < -0.4 is 9.64 Å². The van der Waals surface area contributed by atoms with Gasteiger partial charge >= 0.3 is 5.97 Å². The number of aryl methyl sites for hydroxylation is 1. The molecule has 1 saturated heterocycles. The molecule has 0 atom stereocenters. The van der Waals surface area contributed by atoms with Crippen LogP contribution in [0.5, 0.6) is 5.75 Å². The number of carboxylic acid groups (broad SMARTS) is 1. The Morgan fingerprint density at radius 3 is 2.25 bits per heavy atom. The van der Waals surface area contributed by atoms with E-state index in [2.05, 4.69) is 58.1 Å². The highest BCUT2D eigenvalue weighted by Gasteiger charge is 2.22. The number of rotatable bonds is 8. The number of aromatic nitrogens is 1. The van der Waals surface area contributed by atoms with E-state index in [-0.39, 0.29) is 5.56 Å². The maximum absolute atomic E-state index is 11.5. The smallest absolute Gasteiger partial charge is 0.339 e. The monoisotopic (exact) mass is 431 g/mol. The van der Waals surface area contributed by atoms with Crippen molar-refractivity contribution < 1.29 is 14.6 Å². The average Bonchev–Trinajstić information content (AvgIpc) is 2.84. The molecule has 1 fully saturated rings. The first-order chi connectivity index (χ1) is 15.6. The molecule has 3 aromatic rings. The summed E-state index contributed by atoms with van der Waals surface area (Å²) < 4.78 is 5.93. The topological polar surface area (TPSA) is 65.9 Å². The van der Waals surface area contributed by atoms with Crippen molar-refractivity contribution in [3.8, 4) is 5.75 Å². The number of nitrogens with zero attached hydrogens (tertiary/aromatic N) is 3. The van der Waals surface area contributed by atoms with Crippen molar-refractivity contribution in [3.05, 3.63) is 89.1 Å². The van der Waals surface area contributed by atoms with E-state index in [0.29, 0.717) is 12.4 Å². The Labute approximate surface area is 189 Å². The van der Waals surface area contributed by atoms with Crippen LogP contribution in [-0.2, 0) is 19.6 Å². The lowest BCUT2D eigenvalue weighted by atomic mass is 10.1. The molecule has 2 heterocycles. The number of benzene rings is 2.